The van der Waals surface area contributed by atoms with E-state index < -0.39 is 10.0 Å². The zero-order chi connectivity index (χ0) is 14.9. The van der Waals surface area contributed by atoms with Gasteiger partial charge in [0.05, 0.1) is 0 Å². The third-order valence-electron chi connectivity index (χ3n) is 3.30. The van der Waals surface area contributed by atoms with Crippen molar-refractivity contribution < 1.29 is 13.2 Å². The van der Waals surface area contributed by atoms with E-state index in [0.29, 0.717) is 25.9 Å². The summed E-state index contributed by atoms with van der Waals surface area (Å²) >= 11 is 0. The number of anilines is 1. The minimum atomic E-state index is -3.61. The van der Waals surface area contributed by atoms with E-state index in [1.165, 1.54) is 22.1 Å². The maximum Gasteiger partial charge on any atom is 0.248 e. The zero-order valence-corrected chi connectivity index (χ0v) is 12.4. The molecule has 9 heteroatoms. The Balaban J connectivity index is 2.10. The van der Waals surface area contributed by atoms with Crippen LogP contribution in [0, 0.1) is 0 Å². The second-order valence-electron chi connectivity index (χ2n) is 4.93. The largest absolute Gasteiger partial charge is 0.381 e. The fraction of sp³-hybridized carbons (Fsp3) is 0.636. The number of rotatable bonds is 3. The van der Waals surface area contributed by atoms with Crippen LogP contribution in [0.5, 0.6) is 0 Å². The Morgan fingerprint density at radius 1 is 1.45 bits per heavy atom. The summed E-state index contributed by atoms with van der Waals surface area (Å²) in [6.45, 7) is 2.18. The zero-order valence-electron chi connectivity index (χ0n) is 11.5. The average Bonchev–Trinajstić information content (AvgIpc) is 2.69. The van der Waals surface area contributed by atoms with Gasteiger partial charge in [0.25, 0.3) is 0 Å². The van der Waals surface area contributed by atoms with Crippen LogP contribution in [0.3, 0.4) is 0 Å². The summed E-state index contributed by atoms with van der Waals surface area (Å²) in [4.78, 5) is 11.0. The highest BCUT2D eigenvalue weighted by Gasteiger charge is 2.32. The number of nitrogen functional groups attached to an aromatic ring is 1. The lowest BCUT2D eigenvalue weighted by Crippen LogP contribution is -2.46. The van der Waals surface area contributed by atoms with Crippen molar-refractivity contribution in [2.24, 2.45) is 7.05 Å². The molecule has 112 valence electrons. The van der Waals surface area contributed by atoms with Crippen molar-refractivity contribution >= 4 is 21.7 Å². The van der Waals surface area contributed by atoms with Crippen LogP contribution in [0.15, 0.2) is 11.1 Å². The molecule has 0 unspecified atom stereocenters. The second kappa shape index (κ2) is 5.41. The van der Waals surface area contributed by atoms with Crippen molar-refractivity contribution in [2.75, 3.05) is 18.8 Å². The Kier molecular flexibility index (Phi) is 4.00. The summed E-state index contributed by atoms with van der Waals surface area (Å²) in [6, 6.07) is 0.0326. The molecule has 1 fully saturated rings. The quantitative estimate of drug-likeness (QED) is 0.766. The van der Waals surface area contributed by atoms with Gasteiger partial charge in [-0.05, 0) is 12.8 Å². The normalized spacial score (nSPS) is 18.1. The Labute approximate surface area is 118 Å². The first-order valence-corrected chi connectivity index (χ1v) is 7.81. The van der Waals surface area contributed by atoms with Gasteiger partial charge in [0.1, 0.15) is 4.90 Å². The van der Waals surface area contributed by atoms with Gasteiger partial charge >= 0.3 is 0 Å². The summed E-state index contributed by atoms with van der Waals surface area (Å²) < 4.78 is 27.7. The molecule has 1 aromatic heterocycles. The Morgan fingerprint density at radius 2 is 2.05 bits per heavy atom. The van der Waals surface area contributed by atoms with E-state index in [9.17, 15) is 13.2 Å². The Morgan fingerprint density at radius 3 is 2.50 bits per heavy atom. The molecule has 0 aliphatic carbocycles. The first kappa shape index (κ1) is 14.8. The highest BCUT2D eigenvalue weighted by molar-refractivity contribution is 7.89. The molecular weight excluding hydrogens is 282 g/mol. The van der Waals surface area contributed by atoms with E-state index in [1.54, 1.807) is 7.05 Å². The molecule has 8 nitrogen and oxygen atoms in total. The van der Waals surface area contributed by atoms with Crippen molar-refractivity contribution in [1.82, 2.24) is 19.4 Å². The number of nitrogens with two attached hydrogens (primary N) is 1. The van der Waals surface area contributed by atoms with Gasteiger partial charge in [-0.25, -0.2) is 8.42 Å². The van der Waals surface area contributed by atoms with E-state index >= 15 is 0 Å². The topological polar surface area (TPSA) is 110 Å². The van der Waals surface area contributed by atoms with Crippen LogP contribution in [0.4, 0.5) is 5.82 Å². The first-order valence-electron chi connectivity index (χ1n) is 6.37. The van der Waals surface area contributed by atoms with Crippen LogP contribution in [-0.4, -0.2) is 47.5 Å². The number of piperidine rings is 1. The van der Waals surface area contributed by atoms with Crippen LogP contribution in [0.1, 0.15) is 19.8 Å². The molecule has 1 saturated heterocycles. The van der Waals surface area contributed by atoms with Crippen molar-refractivity contribution in [3.05, 3.63) is 6.20 Å². The van der Waals surface area contributed by atoms with E-state index in [-0.39, 0.29) is 22.7 Å². The molecule has 2 rings (SSSR count). The molecule has 0 atom stereocenters. The predicted octanol–water partition coefficient (Wildman–Crippen LogP) is -0.708. The number of carbonyl (C=O) groups is 1. The molecule has 2 heterocycles. The minimum Gasteiger partial charge on any atom is -0.381 e. The van der Waals surface area contributed by atoms with E-state index in [2.05, 4.69) is 10.4 Å². The molecule has 0 spiro atoms. The van der Waals surface area contributed by atoms with Gasteiger partial charge in [-0.15, -0.1) is 0 Å². The van der Waals surface area contributed by atoms with Gasteiger partial charge in [-0.2, -0.15) is 9.40 Å². The van der Waals surface area contributed by atoms with Gasteiger partial charge in [-0.3, -0.25) is 9.48 Å². The van der Waals surface area contributed by atoms with E-state index in [4.69, 9.17) is 5.73 Å². The van der Waals surface area contributed by atoms with Gasteiger partial charge in [0, 0.05) is 39.3 Å². The van der Waals surface area contributed by atoms with Crippen LogP contribution < -0.4 is 11.1 Å². The van der Waals surface area contributed by atoms with Gasteiger partial charge in [0.2, 0.25) is 15.9 Å². The van der Waals surface area contributed by atoms with Crippen molar-refractivity contribution in [3.63, 3.8) is 0 Å². The SMILES string of the molecule is CC(=O)NC1CCN(S(=O)(=O)c2cn(C)nc2N)CC1. The first-order chi connectivity index (χ1) is 9.30. The number of sulfonamides is 1. The van der Waals surface area contributed by atoms with E-state index in [1.807, 2.05) is 0 Å². The van der Waals surface area contributed by atoms with Crippen LogP contribution in [0.25, 0.3) is 0 Å². The fourth-order valence-electron chi connectivity index (χ4n) is 2.35. The number of aromatic nitrogens is 2. The van der Waals surface area contributed by atoms with Crippen LogP contribution >= 0.6 is 0 Å². The number of amides is 1. The molecule has 0 aromatic carbocycles. The van der Waals surface area contributed by atoms with Crippen molar-refractivity contribution in [1.29, 1.82) is 0 Å². The maximum atomic E-state index is 12.5. The highest BCUT2D eigenvalue weighted by Crippen LogP contribution is 2.24. The summed E-state index contributed by atoms with van der Waals surface area (Å²) in [6.07, 6.45) is 2.60. The number of nitrogens with one attached hydrogen (secondary N) is 1. The highest BCUT2D eigenvalue weighted by atomic mass is 32.2. The molecule has 1 aromatic rings. The van der Waals surface area contributed by atoms with Crippen molar-refractivity contribution in [2.45, 2.75) is 30.7 Å². The molecule has 20 heavy (non-hydrogen) atoms. The monoisotopic (exact) mass is 301 g/mol. The molecular formula is C11H19N5O3S. The summed E-state index contributed by atoms with van der Waals surface area (Å²) in [7, 11) is -1.99. The van der Waals surface area contributed by atoms with E-state index in [0.717, 1.165) is 0 Å². The lowest BCUT2D eigenvalue weighted by molar-refractivity contribution is -0.119. The van der Waals surface area contributed by atoms with Gasteiger partial charge in [-0.1, -0.05) is 0 Å². The molecule has 0 bridgehead atoms. The molecule has 1 amide bonds. The second-order valence-corrected chi connectivity index (χ2v) is 6.84. The number of nitrogens with zero attached hydrogens (tertiary/aromatic N) is 3. The summed E-state index contributed by atoms with van der Waals surface area (Å²) in [5.74, 6) is -0.0840. The van der Waals surface area contributed by atoms with Gasteiger partial charge < -0.3 is 11.1 Å². The lowest BCUT2D eigenvalue weighted by Gasteiger charge is -2.31. The molecule has 3 N–H and O–H groups in total. The number of hydrogen-bond donors (Lipinski definition) is 2. The smallest absolute Gasteiger partial charge is 0.248 e. The lowest BCUT2D eigenvalue weighted by atomic mass is 10.1. The third kappa shape index (κ3) is 2.93. The number of aryl methyl sites for hydroxylation is 1. The van der Waals surface area contributed by atoms with Gasteiger partial charge in [0.15, 0.2) is 5.82 Å². The third-order valence-corrected chi connectivity index (χ3v) is 5.22. The molecule has 0 radical (unpaired) electrons. The van der Waals surface area contributed by atoms with Crippen LogP contribution in [0.2, 0.25) is 0 Å². The standard InChI is InChI=1S/C11H19N5O3S/c1-8(17)13-9-3-5-16(6-4-9)20(18,19)10-7-15(2)14-11(10)12/h7,9H,3-6H2,1-2H3,(H2,12,14)(H,13,17). The summed E-state index contributed by atoms with van der Waals surface area (Å²) in [5.41, 5.74) is 5.63. The van der Waals surface area contributed by atoms with Crippen LogP contribution in [-0.2, 0) is 21.9 Å². The van der Waals surface area contributed by atoms with Crippen molar-refractivity contribution in [3.8, 4) is 0 Å². The Bertz CT molecular complexity index is 602. The summed E-state index contributed by atoms with van der Waals surface area (Å²) in [5, 5.41) is 6.67. The maximum absolute atomic E-state index is 12.5. The average molecular weight is 301 g/mol. The predicted molar refractivity (Wildman–Crippen MR) is 73.2 cm³/mol. The number of carbonyl (C=O) groups excluding carboxylic acids is 1. The fourth-order valence-corrected chi connectivity index (χ4v) is 3.91. The Hall–Kier alpha value is -1.61. The molecule has 1 aliphatic rings. The molecule has 1 aliphatic heterocycles. The molecule has 0 saturated carbocycles. The minimum absolute atomic E-state index is 0.0106. The number of hydrogen-bond acceptors (Lipinski definition) is 5.